The second kappa shape index (κ2) is 7.46. The SMILES string of the molecule is CC1CCCN(CCCc2nc(CCl)cs2)CC1. The van der Waals surface area contributed by atoms with Crippen LogP contribution in [0, 0.1) is 5.92 Å². The van der Waals surface area contributed by atoms with Gasteiger partial charge in [-0.2, -0.15) is 0 Å². The van der Waals surface area contributed by atoms with E-state index >= 15 is 0 Å². The van der Waals surface area contributed by atoms with E-state index in [1.54, 1.807) is 11.3 Å². The Balaban J connectivity index is 1.68. The first-order valence-corrected chi connectivity index (χ1v) is 8.41. The zero-order chi connectivity index (χ0) is 12.8. The molecular formula is C14H23ClN2S. The Hall–Kier alpha value is -0.120. The van der Waals surface area contributed by atoms with Crippen LogP contribution in [0.1, 0.15) is 43.3 Å². The summed E-state index contributed by atoms with van der Waals surface area (Å²) in [5, 5.41) is 3.32. The maximum absolute atomic E-state index is 5.76. The minimum atomic E-state index is 0.542. The van der Waals surface area contributed by atoms with Crippen molar-refractivity contribution in [3.63, 3.8) is 0 Å². The van der Waals surface area contributed by atoms with Crippen LogP contribution >= 0.6 is 22.9 Å². The molecule has 1 unspecified atom stereocenters. The van der Waals surface area contributed by atoms with Crippen molar-refractivity contribution in [3.05, 3.63) is 16.1 Å². The third kappa shape index (κ3) is 4.52. The average Bonchev–Trinajstić information content (AvgIpc) is 2.73. The topological polar surface area (TPSA) is 16.1 Å². The molecule has 1 fully saturated rings. The predicted molar refractivity (Wildman–Crippen MR) is 79.4 cm³/mol. The summed E-state index contributed by atoms with van der Waals surface area (Å²) in [6.07, 6.45) is 6.47. The fourth-order valence-electron chi connectivity index (χ4n) is 2.53. The number of hydrogen-bond donors (Lipinski definition) is 0. The van der Waals surface area contributed by atoms with Crippen LogP contribution in [0.5, 0.6) is 0 Å². The van der Waals surface area contributed by atoms with E-state index in [0.29, 0.717) is 5.88 Å². The van der Waals surface area contributed by atoms with Gasteiger partial charge >= 0.3 is 0 Å². The normalized spacial score (nSPS) is 22.0. The molecule has 18 heavy (non-hydrogen) atoms. The van der Waals surface area contributed by atoms with Crippen LogP contribution < -0.4 is 0 Å². The van der Waals surface area contributed by atoms with E-state index in [1.165, 1.54) is 50.3 Å². The fraction of sp³-hybridized carbons (Fsp3) is 0.786. The van der Waals surface area contributed by atoms with Gasteiger partial charge in [0, 0.05) is 11.8 Å². The van der Waals surface area contributed by atoms with Crippen molar-refractivity contribution in [2.45, 2.75) is 44.9 Å². The Kier molecular flexibility index (Phi) is 5.93. The number of likely N-dealkylation sites (tertiary alicyclic amines) is 1. The summed E-state index contributed by atoms with van der Waals surface area (Å²) in [6.45, 7) is 6.18. The van der Waals surface area contributed by atoms with Gasteiger partial charge in [-0.3, -0.25) is 0 Å². The maximum atomic E-state index is 5.76. The van der Waals surface area contributed by atoms with E-state index < -0.39 is 0 Å². The Morgan fingerprint density at radius 2 is 2.33 bits per heavy atom. The monoisotopic (exact) mass is 286 g/mol. The van der Waals surface area contributed by atoms with E-state index in [1.807, 2.05) is 0 Å². The number of aromatic nitrogens is 1. The minimum Gasteiger partial charge on any atom is -0.303 e. The molecule has 0 aliphatic carbocycles. The number of rotatable bonds is 5. The van der Waals surface area contributed by atoms with E-state index in [2.05, 4.69) is 22.2 Å². The van der Waals surface area contributed by atoms with Crippen LogP contribution in [-0.2, 0) is 12.3 Å². The molecule has 2 heterocycles. The summed E-state index contributed by atoms with van der Waals surface area (Å²) in [4.78, 5) is 7.13. The zero-order valence-electron chi connectivity index (χ0n) is 11.2. The quantitative estimate of drug-likeness (QED) is 0.762. The number of alkyl halides is 1. The smallest absolute Gasteiger partial charge is 0.0929 e. The molecule has 0 amide bonds. The van der Waals surface area contributed by atoms with E-state index in [0.717, 1.165) is 18.0 Å². The van der Waals surface area contributed by atoms with Crippen LogP contribution in [0.15, 0.2) is 5.38 Å². The van der Waals surface area contributed by atoms with E-state index in [4.69, 9.17) is 11.6 Å². The van der Waals surface area contributed by atoms with Gasteiger partial charge in [-0.25, -0.2) is 4.98 Å². The molecule has 2 nitrogen and oxygen atoms in total. The Labute approximate surface area is 119 Å². The van der Waals surface area contributed by atoms with Crippen LogP contribution in [-0.4, -0.2) is 29.5 Å². The van der Waals surface area contributed by atoms with Crippen molar-refractivity contribution in [1.29, 1.82) is 0 Å². The van der Waals surface area contributed by atoms with Gasteiger partial charge in [-0.1, -0.05) is 6.92 Å². The van der Waals surface area contributed by atoms with Gasteiger partial charge in [0.25, 0.3) is 0 Å². The average molecular weight is 287 g/mol. The second-order valence-corrected chi connectivity index (χ2v) is 6.56. The molecule has 0 saturated carbocycles. The summed E-state index contributed by atoms with van der Waals surface area (Å²) in [5.41, 5.74) is 1.03. The molecule has 1 aliphatic heterocycles. The molecule has 1 atom stereocenters. The number of aryl methyl sites for hydroxylation is 1. The zero-order valence-corrected chi connectivity index (χ0v) is 12.8. The van der Waals surface area contributed by atoms with Crippen LogP contribution in [0.4, 0.5) is 0 Å². The molecule has 1 aromatic heterocycles. The molecule has 0 bridgehead atoms. The van der Waals surface area contributed by atoms with Gasteiger partial charge in [0.2, 0.25) is 0 Å². The van der Waals surface area contributed by atoms with Crippen molar-refractivity contribution in [2.24, 2.45) is 5.92 Å². The first kappa shape index (κ1) is 14.3. The summed E-state index contributed by atoms with van der Waals surface area (Å²) in [5.74, 6) is 1.46. The van der Waals surface area contributed by atoms with Gasteiger partial charge in [-0.15, -0.1) is 22.9 Å². The van der Waals surface area contributed by atoms with Gasteiger partial charge in [-0.05, 0) is 51.2 Å². The number of nitrogens with zero attached hydrogens (tertiary/aromatic N) is 2. The van der Waals surface area contributed by atoms with Gasteiger partial charge in [0.1, 0.15) is 0 Å². The van der Waals surface area contributed by atoms with E-state index in [-0.39, 0.29) is 0 Å². The third-order valence-corrected chi connectivity index (χ3v) is 4.94. The summed E-state index contributed by atoms with van der Waals surface area (Å²) in [7, 11) is 0. The summed E-state index contributed by atoms with van der Waals surface area (Å²) >= 11 is 7.51. The van der Waals surface area contributed by atoms with Gasteiger partial charge in [0.05, 0.1) is 16.6 Å². The van der Waals surface area contributed by atoms with E-state index in [9.17, 15) is 0 Å². The number of hydrogen-bond acceptors (Lipinski definition) is 3. The Morgan fingerprint density at radius 1 is 1.44 bits per heavy atom. The van der Waals surface area contributed by atoms with Gasteiger partial charge in [0.15, 0.2) is 0 Å². The molecule has 102 valence electrons. The lowest BCUT2D eigenvalue weighted by Gasteiger charge is -2.19. The molecule has 0 N–H and O–H groups in total. The first-order chi connectivity index (χ1) is 8.78. The predicted octanol–water partition coefficient (Wildman–Crippen LogP) is 3.94. The Morgan fingerprint density at radius 3 is 3.11 bits per heavy atom. The summed E-state index contributed by atoms with van der Waals surface area (Å²) < 4.78 is 0. The van der Waals surface area contributed by atoms with Crippen LogP contribution in [0.2, 0.25) is 0 Å². The third-order valence-electron chi connectivity index (χ3n) is 3.71. The largest absolute Gasteiger partial charge is 0.303 e. The first-order valence-electron chi connectivity index (χ1n) is 6.99. The van der Waals surface area contributed by atoms with Crippen molar-refractivity contribution < 1.29 is 0 Å². The van der Waals surface area contributed by atoms with Crippen LogP contribution in [0.3, 0.4) is 0 Å². The molecule has 1 saturated heterocycles. The van der Waals surface area contributed by atoms with Gasteiger partial charge < -0.3 is 4.90 Å². The lowest BCUT2D eigenvalue weighted by Crippen LogP contribution is -2.26. The van der Waals surface area contributed by atoms with Crippen molar-refractivity contribution >= 4 is 22.9 Å². The van der Waals surface area contributed by atoms with Crippen molar-refractivity contribution in [2.75, 3.05) is 19.6 Å². The lowest BCUT2D eigenvalue weighted by molar-refractivity contribution is 0.278. The molecule has 0 spiro atoms. The second-order valence-electron chi connectivity index (χ2n) is 5.35. The number of thiazole rings is 1. The molecule has 0 radical (unpaired) electrons. The lowest BCUT2D eigenvalue weighted by atomic mass is 10.0. The molecule has 1 aromatic rings. The standard InChI is InChI=1S/C14H23ClN2S/c1-12-4-2-7-17(9-6-12)8-3-5-14-16-13(10-15)11-18-14/h11-12H,2-10H2,1H3. The molecule has 1 aliphatic rings. The highest BCUT2D eigenvalue weighted by Crippen LogP contribution is 2.17. The summed E-state index contributed by atoms with van der Waals surface area (Å²) in [6, 6.07) is 0. The van der Waals surface area contributed by atoms with Crippen molar-refractivity contribution in [1.82, 2.24) is 9.88 Å². The minimum absolute atomic E-state index is 0.542. The van der Waals surface area contributed by atoms with Crippen molar-refractivity contribution in [3.8, 4) is 0 Å². The molecule has 2 rings (SSSR count). The maximum Gasteiger partial charge on any atom is 0.0929 e. The van der Waals surface area contributed by atoms with Crippen LogP contribution in [0.25, 0.3) is 0 Å². The number of halogens is 1. The molecule has 4 heteroatoms. The fourth-order valence-corrected chi connectivity index (χ4v) is 3.59. The Bertz CT molecular complexity index is 353. The highest BCUT2D eigenvalue weighted by molar-refractivity contribution is 7.09. The highest BCUT2D eigenvalue weighted by Gasteiger charge is 2.13. The highest BCUT2D eigenvalue weighted by atomic mass is 35.5. The molecule has 0 aromatic carbocycles. The molecular weight excluding hydrogens is 264 g/mol.